The highest BCUT2D eigenvalue weighted by molar-refractivity contribution is 7.80. The summed E-state index contributed by atoms with van der Waals surface area (Å²) in [5.41, 5.74) is 5.27. The third-order valence-electron chi connectivity index (χ3n) is 1.43. The molecular weight excluding hydrogens is 188 g/mol. The van der Waals surface area contributed by atoms with E-state index in [2.05, 4.69) is 17.9 Å². The van der Waals surface area contributed by atoms with Crippen molar-refractivity contribution in [1.82, 2.24) is 5.32 Å². The molecule has 1 atom stereocenters. The highest BCUT2D eigenvalue weighted by Gasteiger charge is 2.05. The zero-order valence-corrected chi connectivity index (χ0v) is 8.85. The molecule has 0 aromatic heterocycles. The number of ether oxygens (including phenoxy) is 1. The number of nitrogens with one attached hydrogen (secondary N) is 1. The maximum Gasteiger partial charge on any atom is 0.222 e. The molecular formula is C8H18N2O2S. The van der Waals surface area contributed by atoms with Crippen LogP contribution in [0.3, 0.4) is 0 Å². The minimum Gasteiger partial charge on any atom is -0.358 e. The lowest BCUT2D eigenvalue weighted by molar-refractivity contribution is -0.124. The predicted molar refractivity (Wildman–Crippen MR) is 55.7 cm³/mol. The van der Waals surface area contributed by atoms with E-state index in [1.54, 1.807) is 6.92 Å². The van der Waals surface area contributed by atoms with Gasteiger partial charge >= 0.3 is 0 Å². The molecule has 0 aliphatic heterocycles. The minimum absolute atomic E-state index is 0.0166. The molecule has 0 saturated heterocycles. The number of hydrogen-bond acceptors (Lipinski definition) is 4. The van der Waals surface area contributed by atoms with E-state index in [0.717, 1.165) is 0 Å². The van der Waals surface area contributed by atoms with Gasteiger partial charge in [-0.2, -0.15) is 12.6 Å². The SMILES string of the molecule is CC(NC(=O)CCCN)OCCS. The number of carbonyl (C=O) groups is 1. The Morgan fingerprint density at radius 3 is 2.92 bits per heavy atom. The Morgan fingerprint density at radius 1 is 1.69 bits per heavy atom. The van der Waals surface area contributed by atoms with Crippen LogP contribution < -0.4 is 11.1 Å². The van der Waals surface area contributed by atoms with Gasteiger partial charge in [-0.1, -0.05) is 0 Å². The highest BCUT2D eigenvalue weighted by Crippen LogP contribution is 1.91. The number of thiol groups is 1. The first-order valence-electron chi connectivity index (χ1n) is 4.42. The lowest BCUT2D eigenvalue weighted by Gasteiger charge is -2.13. The van der Waals surface area contributed by atoms with Crippen molar-refractivity contribution in [3.05, 3.63) is 0 Å². The smallest absolute Gasteiger partial charge is 0.222 e. The molecule has 0 rings (SSSR count). The van der Waals surface area contributed by atoms with Gasteiger partial charge in [0.05, 0.1) is 6.61 Å². The molecule has 1 unspecified atom stereocenters. The van der Waals surface area contributed by atoms with Crippen molar-refractivity contribution in [2.45, 2.75) is 26.0 Å². The van der Waals surface area contributed by atoms with Gasteiger partial charge in [0.1, 0.15) is 6.23 Å². The van der Waals surface area contributed by atoms with Crippen molar-refractivity contribution in [2.24, 2.45) is 5.73 Å². The summed E-state index contributed by atoms with van der Waals surface area (Å²) in [6, 6.07) is 0. The third kappa shape index (κ3) is 8.08. The van der Waals surface area contributed by atoms with Gasteiger partial charge in [0, 0.05) is 12.2 Å². The van der Waals surface area contributed by atoms with Crippen LogP contribution in [0.5, 0.6) is 0 Å². The van der Waals surface area contributed by atoms with E-state index >= 15 is 0 Å². The van der Waals surface area contributed by atoms with Crippen molar-refractivity contribution >= 4 is 18.5 Å². The fourth-order valence-electron chi connectivity index (χ4n) is 0.833. The predicted octanol–water partition coefficient (Wildman–Crippen LogP) is 0.134. The molecule has 0 spiro atoms. The second-order valence-corrected chi connectivity index (χ2v) is 3.14. The van der Waals surface area contributed by atoms with Crippen molar-refractivity contribution in [1.29, 1.82) is 0 Å². The lowest BCUT2D eigenvalue weighted by Crippen LogP contribution is -2.35. The molecule has 3 N–H and O–H groups in total. The standard InChI is InChI=1S/C8H18N2O2S/c1-7(12-5-6-13)10-8(11)3-2-4-9/h7,13H,2-6,9H2,1H3,(H,10,11). The molecule has 4 nitrogen and oxygen atoms in total. The summed E-state index contributed by atoms with van der Waals surface area (Å²) < 4.78 is 5.20. The fourth-order valence-corrected chi connectivity index (χ4v) is 0.938. The molecule has 5 heteroatoms. The molecule has 0 aliphatic carbocycles. The quantitative estimate of drug-likeness (QED) is 0.410. The normalized spacial score (nSPS) is 12.5. The van der Waals surface area contributed by atoms with Crippen LogP contribution in [-0.2, 0) is 9.53 Å². The summed E-state index contributed by atoms with van der Waals surface area (Å²) >= 11 is 3.99. The van der Waals surface area contributed by atoms with E-state index < -0.39 is 0 Å². The molecule has 0 heterocycles. The maximum atomic E-state index is 11.1. The zero-order valence-electron chi connectivity index (χ0n) is 7.95. The van der Waals surface area contributed by atoms with Crippen LogP contribution in [0.1, 0.15) is 19.8 Å². The molecule has 0 radical (unpaired) electrons. The van der Waals surface area contributed by atoms with Gasteiger partial charge in [-0.25, -0.2) is 0 Å². The summed E-state index contributed by atoms with van der Waals surface area (Å²) in [6.45, 7) is 2.88. The van der Waals surface area contributed by atoms with Gasteiger partial charge in [-0.05, 0) is 19.9 Å². The maximum absolute atomic E-state index is 11.1. The van der Waals surface area contributed by atoms with Crippen molar-refractivity contribution in [2.75, 3.05) is 18.9 Å². The number of hydrogen-bond donors (Lipinski definition) is 3. The first kappa shape index (κ1) is 12.7. The van der Waals surface area contributed by atoms with Crippen LogP contribution in [-0.4, -0.2) is 31.0 Å². The largest absolute Gasteiger partial charge is 0.358 e. The Labute approximate surface area is 84.6 Å². The van der Waals surface area contributed by atoms with Gasteiger partial charge in [-0.15, -0.1) is 0 Å². The highest BCUT2D eigenvalue weighted by atomic mass is 32.1. The number of rotatable bonds is 7. The summed E-state index contributed by atoms with van der Waals surface area (Å²) in [6.07, 6.45) is 0.938. The summed E-state index contributed by atoms with van der Waals surface area (Å²) in [5, 5.41) is 2.70. The van der Waals surface area contributed by atoms with Gasteiger partial charge in [-0.3, -0.25) is 4.79 Å². The third-order valence-corrected chi connectivity index (χ3v) is 1.61. The summed E-state index contributed by atoms with van der Waals surface area (Å²) in [5.74, 6) is 0.639. The van der Waals surface area contributed by atoms with Crippen molar-refractivity contribution in [3.8, 4) is 0 Å². The number of carbonyl (C=O) groups excluding carboxylic acids is 1. The van der Waals surface area contributed by atoms with Crippen LogP contribution in [0.2, 0.25) is 0 Å². The van der Waals surface area contributed by atoms with Crippen LogP contribution in [0.15, 0.2) is 0 Å². The average Bonchev–Trinajstić information content (AvgIpc) is 2.11. The Morgan fingerprint density at radius 2 is 2.38 bits per heavy atom. The van der Waals surface area contributed by atoms with Gasteiger partial charge < -0.3 is 15.8 Å². The Kier molecular flexibility index (Phi) is 8.18. The van der Waals surface area contributed by atoms with Crippen molar-refractivity contribution in [3.63, 3.8) is 0 Å². The Balaban J connectivity index is 3.41. The van der Waals surface area contributed by atoms with E-state index in [0.29, 0.717) is 31.7 Å². The minimum atomic E-state index is -0.238. The first-order chi connectivity index (χ1) is 6.20. The molecule has 0 aromatic rings. The van der Waals surface area contributed by atoms with Crippen LogP contribution in [0.4, 0.5) is 0 Å². The molecule has 78 valence electrons. The average molecular weight is 206 g/mol. The number of nitrogens with two attached hydrogens (primary N) is 1. The van der Waals surface area contributed by atoms with Gasteiger partial charge in [0.2, 0.25) is 5.91 Å². The second kappa shape index (κ2) is 8.34. The molecule has 0 fully saturated rings. The topological polar surface area (TPSA) is 64.4 Å². The molecule has 1 amide bonds. The molecule has 0 saturated carbocycles. The number of amides is 1. The molecule has 0 aromatic carbocycles. The van der Waals surface area contributed by atoms with E-state index in [-0.39, 0.29) is 12.1 Å². The molecule has 0 bridgehead atoms. The Hall–Kier alpha value is -0.260. The first-order valence-corrected chi connectivity index (χ1v) is 5.06. The monoisotopic (exact) mass is 206 g/mol. The molecule has 0 aliphatic rings. The fraction of sp³-hybridized carbons (Fsp3) is 0.875. The van der Waals surface area contributed by atoms with E-state index in [1.807, 2.05) is 0 Å². The summed E-state index contributed by atoms with van der Waals surface area (Å²) in [4.78, 5) is 11.1. The van der Waals surface area contributed by atoms with Gasteiger partial charge in [0.25, 0.3) is 0 Å². The Bertz CT molecular complexity index is 144. The zero-order chi connectivity index (χ0) is 10.1. The molecule has 13 heavy (non-hydrogen) atoms. The van der Waals surface area contributed by atoms with Crippen LogP contribution >= 0.6 is 12.6 Å². The van der Waals surface area contributed by atoms with E-state index in [4.69, 9.17) is 10.5 Å². The van der Waals surface area contributed by atoms with Gasteiger partial charge in [0.15, 0.2) is 0 Å². The van der Waals surface area contributed by atoms with E-state index in [1.165, 1.54) is 0 Å². The van der Waals surface area contributed by atoms with E-state index in [9.17, 15) is 4.79 Å². The summed E-state index contributed by atoms with van der Waals surface area (Å²) in [7, 11) is 0. The second-order valence-electron chi connectivity index (χ2n) is 2.70. The van der Waals surface area contributed by atoms with Crippen molar-refractivity contribution < 1.29 is 9.53 Å². The van der Waals surface area contributed by atoms with Crippen LogP contribution in [0.25, 0.3) is 0 Å². The lowest BCUT2D eigenvalue weighted by atomic mass is 10.3. The van der Waals surface area contributed by atoms with Crippen LogP contribution in [0, 0.1) is 0 Å².